The van der Waals surface area contributed by atoms with Gasteiger partial charge >= 0.3 is 0 Å². The van der Waals surface area contributed by atoms with Crippen LogP contribution in [0, 0.1) is 0 Å². The van der Waals surface area contributed by atoms with Crippen molar-refractivity contribution in [2.45, 2.75) is 51.6 Å². The molecule has 1 fully saturated rings. The van der Waals surface area contributed by atoms with Crippen molar-refractivity contribution < 1.29 is 23.4 Å². The smallest absolute Gasteiger partial charge is 0.123 e. The summed E-state index contributed by atoms with van der Waals surface area (Å²) >= 11 is 0. The lowest BCUT2D eigenvalue weighted by Gasteiger charge is -2.22. The molecule has 0 amide bonds. The minimum absolute atomic E-state index is 0.0462. The van der Waals surface area contributed by atoms with E-state index in [4.69, 9.17) is 9.47 Å². The van der Waals surface area contributed by atoms with Crippen molar-refractivity contribution in [3.63, 3.8) is 0 Å². The Labute approximate surface area is 237 Å². The number of hydrogen-bond acceptors (Lipinski definition) is 4. The molecule has 4 nitrogen and oxygen atoms in total. The molecule has 1 N–H and O–H groups in total. The Bertz CT molecular complexity index is 1230. The van der Waals surface area contributed by atoms with Gasteiger partial charge in [0.15, 0.2) is 0 Å². The number of phenolic OH excluding ortho intramolecular Hbond substituents is 1. The molecule has 2 aliphatic rings. The highest BCUT2D eigenvalue weighted by atomic mass is 19.1. The predicted octanol–water partition coefficient (Wildman–Crippen LogP) is 7.54. The summed E-state index contributed by atoms with van der Waals surface area (Å²) in [7, 11) is 0. The van der Waals surface area contributed by atoms with Gasteiger partial charge in [-0.3, -0.25) is 9.29 Å². The Morgan fingerprint density at radius 3 is 2.65 bits per heavy atom. The van der Waals surface area contributed by atoms with Gasteiger partial charge in [-0.15, -0.1) is 0 Å². The van der Waals surface area contributed by atoms with E-state index in [2.05, 4.69) is 17.6 Å². The molecule has 214 valence electrons. The molecule has 0 spiro atoms. The molecule has 0 radical (unpaired) electrons. The molecule has 0 bridgehead atoms. The van der Waals surface area contributed by atoms with E-state index in [9.17, 15) is 13.9 Å². The molecule has 2 aromatic carbocycles. The van der Waals surface area contributed by atoms with E-state index in [0.717, 1.165) is 62.2 Å². The molecule has 0 unspecified atom stereocenters. The van der Waals surface area contributed by atoms with Gasteiger partial charge in [0, 0.05) is 19.6 Å². The maximum atomic E-state index is 12.6. The third kappa shape index (κ3) is 8.07. The molecular formula is C34H41F2NO3. The molecule has 1 aliphatic carbocycles. The van der Waals surface area contributed by atoms with Crippen LogP contribution < -0.4 is 4.74 Å². The summed E-state index contributed by atoms with van der Waals surface area (Å²) in [4.78, 5) is 2.26. The number of nitrogens with zero attached hydrogens (tertiary/aromatic N) is 1. The van der Waals surface area contributed by atoms with E-state index in [0.29, 0.717) is 24.3 Å². The largest absolute Gasteiger partial charge is 0.508 e. The molecule has 1 saturated heterocycles. The monoisotopic (exact) mass is 549 g/mol. The molecule has 2 aromatic rings. The second-order valence-electron chi connectivity index (χ2n) is 10.5. The van der Waals surface area contributed by atoms with Gasteiger partial charge in [-0.25, -0.2) is 4.39 Å². The number of likely N-dealkylation sites (tertiary alicyclic amines) is 1. The van der Waals surface area contributed by atoms with E-state index in [1.165, 1.54) is 22.3 Å². The van der Waals surface area contributed by atoms with E-state index in [1.807, 2.05) is 55.5 Å². The molecule has 40 heavy (non-hydrogen) atoms. The zero-order valence-electron chi connectivity index (χ0n) is 23.5. The first kappa shape index (κ1) is 29.6. The SMILES string of the molecule is C=CC(=C\C=C(/C)O[C@H]1CCN(CCCF)C1)/C1=C(\c2ccc(OCCF)cc2)CCCc2cc(O)ccc2C1. The fraction of sp³-hybridized carbons (Fsp3) is 0.412. The average molecular weight is 550 g/mol. The lowest BCUT2D eigenvalue weighted by Crippen LogP contribution is -2.24. The minimum Gasteiger partial charge on any atom is -0.508 e. The maximum absolute atomic E-state index is 12.6. The third-order valence-corrected chi connectivity index (χ3v) is 7.60. The summed E-state index contributed by atoms with van der Waals surface area (Å²) in [5, 5.41) is 10.1. The summed E-state index contributed by atoms with van der Waals surface area (Å²) in [6, 6.07) is 13.5. The molecule has 4 rings (SSSR count). The molecule has 1 aliphatic heterocycles. The first-order valence-electron chi connectivity index (χ1n) is 14.3. The molecular weight excluding hydrogens is 508 g/mol. The quantitative estimate of drug-likeness (QED) is 0.219. The first-order chi connectivity index (χ1) is 19.5. The highest BCUT2D eigenvalue weighted by Crippen LogP contribution is 2.36. The fourth-order valence-corrected chi connectivity index (χ4v) is 5.61. The normalized spacial score (nSPS) is 20.5. The van der Waals surface area contributed by atoms with Gasteiger partial charge in [0.1, 0.15) is 30.9 Å². The van der Waals surface area contributed by atoms with Gasteiger partial charge in [0.05, 0.1) is 12.4 Å². The zero-order chi connectivity index (χ0) is 28.3. The van der Waals surface area contributed by atoms with Crippen molar-refractivity contribution in [3.8, 4) is 11.5 Å². The molecule has 6 heteroatoms. The number of benzene rings is 2. The van der Waals surface area contributed by atoms with Crippen LogP contribution in [0.1, 0.15) is 49.3 Å². The summed E-state index contributed by atoms with van der Waals surface area (Å²) in [5.74, 6) is 1.78. The van der Waals surface area contributed by atoms with Gasteiger partial charge < -0.3 is 14.6 Å². The lowest BCUT2D eigenvalue weighted by molar-refractivity contribution is 0.121. The van der Waals surface area contributed by atoms with Gasteiger partial charge in [-0.05, 0) is 109 Å². The number of allylic oxidation sites excluding steroid dienone is 7. The number of aryl methyl sites for hydroxylation is 1. The number of aromatic hydroxyl groups is 1. The summed E-state index contributed by atoms with van der Waals surface area (Å²) in [6.07, 6.45) is 11.0. The molecule has 1 atom stereocenters. The standard InChI is InChI=1S/C34H41F2NO3/c1-3-26(9-8-25(2)40-32-16-20-37(24-32)19-5-17-35)34-23-29-10-13-30(38)22-28(29)6-4-7-33(34)27-11-14-31(15-12-27)39-21-18-36/h3,8-15,22,32,38H,1,4-7,16-21,23-24H2,2H3/b25-8+,26-9+,34-33-/t32-/m0/s1. The number of alkyl halides is 2. The van der Waals surface area contributed by atoms with E-state index >= 15 is 0 Å². The number of phenols is 1. The van der Waals surface area contributed by atoms with E-state index < -0.39 is 6.67 Å². The Kier molecular flexibility index (Phi) is 11.0. The number of fused-ring (bicyclic) bond motifs is 1. The van der Waals surface area contributed by atoms with Crippen LogP contribution in [0.5, 0.6) is 11.5 Å². The second-order valence-corrected chi connectivity index (χ2v) is 10.5. The van der Waals surface area contributed by atoms with Gasteiger partial charge in [0.2, 0.25) is 0 Å². The van der Waals surface area contributed by atoms with Crippen molar-refractivity contribution in [1.82, 2.24) is 4.90 Å². The molecule has 0 saturated carbocycles. The van der Waals surface area contributed by atoms with Crippen LogP contribution in [0.2, 0.25) is 0 Å². The van der Waals surface area contributed by atoms with Crippen molar-refractivity contribution in [1.29, 1.82) is 0 Å². The van der Waals surface area contributed by atoms with E-state index in [-0.39, 0.29) is 19.4 Å². The lowest BCUT2D eigenvalue weighted by atomic mass is 9.82. The second kappa shape index (κ2) is 14.8. The maximum Gasteiger partial charge on any atom is 0.123 e. The summed E-state index contributed by atoms with van der Waals surface area (Å²) in [5.41, 5.74) is 6.91. The van der Waals surface area contributed by atoms with Crippen molar-refractivity contribution in [2.24, 2.45) is 0 Å². The first-order valence-corrected chi connectivity index (χ1v) is 14.3. The van der Waals surface area contributed by atoms with Crippen LogP contribution in [0.3, 0.4) is 0 Å². The zero-order valence-corrected chi connectivity index (χ0v) is 23.5. The Balaban J connectivity index is 1.63. The van der Waals surface area contributed by atoms with Crippen LogP contribution in [0.4, 0.5) is 8.78 Å². The molecule has 1 heterocycles. The van der Waals surface area contributed by atoms with Gasteiger partial charge in [0.25, 0.3) is 0 Å². The Morgan fingerprint density at radius 1 is 1.07 bits per heavy atom. The number of halogens is 2. The van der Waals surface area contributed by atoms with Crippen LogP contribution in [0.25, 0.3) is 5.57 Å². The van der Waals surface area contributed by atoms with Crippen LogP contribution >= 0.6 is 0 Å². The van der Waals surface area contributed by atoms with Gasteiger partial charge in [-0.2, -0.15) is 0 Å². The molecule has 0 aromatic heterocycles. The third-order valence-electron chi connectivity index (χ3n) is 7.60. The van der Waals surface area contributed by atoms with Gasteiger partial charge in [-0.1, -0.05) is 36.9 Å². The highest BCUT2D eigenvalue weighted by molar-refractivity contribution is 5.75. The van der Waals surface area contributed by atoms with Crippen LogP contribution in [-0.4, -0.2) is 55.7 Å². The number of hydrogen-bond donors (Lipinski definition) is 1. The van der Waals surface area contributed by atoms with Crippen molar-refractivity contribution >= 4 is 5.57 Å². The van der Waals surface area contributed by atoms with Crippen molar-refractivity contribution in [3.05, 3.63) is 101 Å². The average Bonchev–Trinajstić information content (AvgIpc) is 3.40. The van der Waals surface area contributed by atoms with E-state index in [1.54, 1.807) is 6.07 Å². The summed E-state index contributed by atoms with van der Waals surface area (Å²) < 4.78 is 36.8. The topological polar surface area (TPSA) is 41.9 Å². The predicted molar refractivity (Wildman–Crippen MR) is 158 cm³/mol. The Hall–Kier alpha value is -3.38. The summed E-state index contributed by atoms with van der Waals surface area (Å²) in [6.45, 7) is 7.91. The highest BCUT2D eigenvalue weighted by Gasteiger charge is 2.23. The van der Waals surface area contributed by atoms with Crippen LogP contribution in [-0.2, 0) is 17.6 Å². The minimum atomic E-state index is -0.520. The van der Waals surface area contributed by atoms with Crippen molar-refractivity contribution in [2.75, 3.05) is 39.6 Å². The number of ether oxygens (including phenoxy) is 2. The Morgan fingerprint density at radius 2 is 1.90 bits per heavy atom. The van der Waals surface area contributed by atoms with Crippen LogP contribution in [0.15, 0.2) is 84.2 Å². The number of rotatable bonds is 12. The fourth-order valence-electron chi connectivity index (χ4n) is 5.61.